The summed E-state index contributed by atoms with van der Waals surface area (Å²) in [7, 11) is 1.66. The maximum absolute atomic E-state index is 12.9. The van der Waals surface area contributed by atoms with Gasteiger partial charge in [-0.15, -0.1) is 0 Å². The SMILES string of the molecule is COc1ccc2c(c1)-c1ccccc1O[C@@H]1C(=O)N(Cc3ccccc3)[C@H]21. The minimum absolute atomic E-state index is 0.0299. The van der Waals surface area contributed by atoms with Gasteiger partial charge in [0.05, 0.1) is 7.11 Å². The number of amides is 1. The maximum atomic E-state index is 12.9. The Labute approximate surface area is 158 Å². The Morgan fingerprint density at radius 3 is 2.56 bits per heavy atom. The molecule has 0 saturated carbocycles. The lowest BCUT2D eigenvalue weighted by atomic mass is 9.86. The highest BCUT2D eigenvalue weighted by atomic mass is 16.5. The Morgan fingerprint density at radius 1 is 0.963 bits per heavy atom. The van der Waals surface area contributed by atoms with Crippen LogP contribution in [-0.4, -0.2) is 24.0 Å². The minimum Gasteiger partial charge on any atom is -0.497 e. The van der Waals surface area contributed by atoms with E-state index in [1.165, 1.54) is 0 Å². The lowest BCUT2D eigenvalue weighted by molar-refractivity contribution is -0.165. The number of ether oxygens (including phenoxy) is 2. The number of hydrogen-bond donors (Lipinski definition) is 0. The van der Waals surface area contributed by atoms with Crippen molar-refractivity contribution in [1.29, 1.82) is 0 Å². The molecule has 4 heteroatoms. The third kappa shape index (κ3) is 2.48. The number of nitrogens with zero attached hydrogens (tertiary/aromatic N) is 1. The standard InChI is InChI=1S/C23H19NO3/c1-26-16-11-12-18-19(13-16)17-9-5-6-10-20(17)27-22-21(18)24(23(22)25)14-15-7-3-2-4-8-15/h2-13,21-22H,14H2,1H3/t21-,22+/m1/s1. The van der Waals surface area contributed by atoms with Gasteiger partial charge in [0.1, 0.15) is 17.5 Å². The fourth-order valence-corrected chi connectivity index (χ4v) is 4.00. The van der Waals surface area contributed by atoms with Gasteiger partial charge in [-0.25, -0.2) is 0 Å². The molecule has 27 heavy (non-hydrogen) atoms. The van der Waals surface area contributed by atoms with Gasteiger partial charge in [0, 0.05) is 12.1 Å². The first-order valence-corrected chi connectivity index (χ1v) is 9.04. The van der Waals surface area contributed by atoms with Gasteiger partial charge in [-0.2, -0.15) is 0 Å². The van der Waals surface area contributed by atoms with Crippen molar-refractivity contribution in [3.63, 3.8) is 0 Å². The van der Waals surface area contributed by atoms with Crippen molar-refractivity contribution in [3.8, 4) is 22.6 Å². The largest absolute Gasteiger partial charge is 0.497 e. The average Bonchev–Trinajstić information content (AvgIpc) is 2.85. The molecule has 0 bridgehead atoms. The number of β-lactam (4-membered cyclic amide) rings is 1. The Hall–Kier alpha value is -3.27. The van der Waals surface area contributed by atoms with Crippen LogP contribution in [0.2, 0.25) is 0 Å². The molecular formula is C23H19NO3. The Balaban J connectivity index is 1.61. The number of para-hydroxylation sites is 1. The molecular weight excluding hydrogens is 338 g/mol. The molecule has 0 unspecified atom stereocenters. The molecule has 2 heterocycles. The summed E-state index contributed by atoms with van der Waals surface area (Å²) in [5.41, 5.74) is 4.26. The van der Waals surface area contributed by atoms with Crippen molar-refractivity contribution in [2.24, 2.45) is 0 Å². The second-order valence-corrected chi connectivity index (χ2v) is 6.88. The summed E-state index contributed by atoms with van der Waals surface area (Å²) in [6, 6.07) is 23.9. The van der Waals surface area contributed by atoms with Gasteiger partial charge >= 0.3 is 0 Å². The predicted molar refractivity (Wildman–Crippen MR) is 103 cm³/mol. The summed E-state index contributed by atoms with van der Waals surface area (Å²) in [6.45, 7) is 0.575. The Morgan fingerprint density at radius 2 is 1.74 bits per heavy atom. The highest BCUT2D eigenvalue weighted by molar-refractivity contribution is 5.92. The molecule has 4 nitrogen and oxygen atoms in total. The zero-order chi connectivity index (χ0) is 18.4. The molecule has 3 aromatic rings. The van der Waals surface area contributed by atoms with E-state index >= 15 is 0 Å². The lowest BCUT2D eigenvalue weighted by Gasteiger charge is -2.46. The zero-order valence-electron chi connectivity index (χ0n) is 15.0. The highest BCUT2D eigenvalue weighted by Gasteiger charge is 2.52. The van der Waals surface area contributed by atoms with E-state index in [9.17, 15) is 4.79 Å². The van der Waals surface area contributed by atoms with E-state index in [1.54, 1.807) is 7.11 Å². The van der Waals surface area contributed by atoms with E-state index < -0.39 is 6.10 Å². The van der Waals surface area contributed by atoms with Crippen LogP contribution in [0.15, 0.2) is 72.8 Å². The van der Waals surface area contributed by atoms with Crippen LogP contribution >= 0.6 is 0 Å². The molecule has 1 saturated heterocycles. The average molecular weight is 357 g/mol. The fraction of sp³-hybridized carbons (Fsp3) is 0.174. The van der Waals surface area contributed by atoms with Crippen LogP contribution in [-0.2, 0) is 11.3 Å². The van der Waals surface area contributed by atoms with Gasteiger partial charge < -0.3 is 14.4 Å². The van der Waals surface area contributed by atoms with Crippen molar-refractivity contribution in [3.05, 3.63) is 83.9 Å². The van der Waals surface area contributed by atoms with Crippen molar-refractivity contribution in [2.75, 3.05) is 7.11 Å². The number of fused-ring (bicyclic) bond motifs is 5. The Kier molecular flexibility index (Phi) is 3.64. The molecule has 0 aromatic heterocycles. The van der Waals surface area contributed by atoms with Crippen LogP contribution in [0.5, 0.6) is 11.5 Å². The topological polar surface area (TPSA) is 38.8 Å². The number of methoxy groups -OCH3 is 1. The molecule has 3 aromatic carbocycles. The summed E-state index contributed by atoms with van der Waals surface area (Å²) in [4.78, 5) is 14.8. The molecule has 2 aliphatic heterocycles. The number of rotatable bonds is 3. The lowest BCUT2D eigenvalue weighted by Crippen LogP contribution is -2.60. The van der Waals surface area contributed by atoms with E-state index in [2.05, 4.69) is 6.07 Å². The highest BCUT2D eigenvalue weighted by Crippen LogP contribution is 2.48. The molecule has 0 N–H and O–H groups in total. The van der Waals surface area contributed by atoms with Crippen LogP contribution < -0.4 is 9.47 Å². The summed E-state index contributed by atoms with van der Waals surface area (Å²) in [5.74, 6) is 1.57. The number of benzene rings is 3. The summed E-state index contributed by atoms with van der Waals surface area (Å²) < 4.78 is 11.6. The number of carbonyl (C=O) groups is 1. The van der Waals surface area contributed by atoms with Gasteiger partial charge in [0.25, 0.3) is 5.91 Å². The van der Waals surface area contributed by atoms with Gasteiger partial charge in [0.15, 0.2) is 0 Å². The normalized spacial score (nSPS) is 19.7. The first-order chi connectivity index (χ1) is 13.3. The van der Waals surface area contributed by atoms with E-state index in [4.69, 9.17) is 9.47 Å². The van der Waals surface area contributed by atoms with Crippen LogP contribution in [0.3, 0.4) is 0 Å². The maximum Gasteiger partial charge on any atom is 0.267 e. The van der Waals surface area contributed by atoms with Crippen molar-refractivity contribution >= 4 is 5.91 Å². The molecule has 1 amide bonds. The van der Waals surface area contributed by atoms with Gasteiger partial charge in [-0.1, -0.05) is 54.6 Å². The molecule has 0 radical (unpaired) electrons. The van der Waals surface area contributed by atoms with Crippen LogP contribution in [0, 0.1) is 0 Å². The fourth-order valence-electron chi connectivity index (χ4n) is 4.00. The minimum atomic E-state index is -0.482. The molecule has 2 atom stereocenters. The molecule has 0 spiro atoms. The zero-order valence-corrected chi connectivity index (χ0v) is 15.0. The number of likely N-dealkylation sites (tertiary alicyclic amines) is 1. The summed E-state index contributed by atoms with van der Waals surface area (Å²) >= 11 is 0. The predicted octanol–water partition coefficient (Wildman–Crippen LogP) is 4.21. The molecule has 2 aliphatic rings. The van der Waals surface area contributed by atoms with Crippen LogP contribution in [0.25, 0.3) is 11.1 Å². The summed E-state index contributed by atoms with van der Waals surface area (Å²) in [6.07, 6.45) is -0.482. The molecule has 0 aliphatic carbocycles. The molecule has 5 rings (SSSR count). The second kappa shape index (κ2) is 6.16. The third-order valence-electron chi connectivity index (χ3n) is 5.36. The van der Waals surface area contributed by atoms with E-state index in [0.717, 1.165) is 33.8 Å². The monoisotopic (exact) mass is 357 g/mol. The van der Waals surface area contributed by atoms with Crippen molar-refractivity contribution < 1.29 is 14.3 Å². The van der Waals surface area contributed by atoms with E-state index in [1.807, 2.05) is 71.6 Å². The third-order valence-corrected chi connectivity index (χ3v) is 5.36. The van der Waals surface area contributed by atoms with Gasteiger partial charge in [-0.05, 0) is 34.9 Å². The van der Waals surface area contributed by atoms with Crippen molar-refractivity contribution in [1.82, 2.24) is 4.90 Å². The van der Waals surface area contributed by atoms with E-state index in [-0.39, 0.29) is 11.9 Å². The number of carbonyl (C=O) groups excluding carboxylic acids is 1. The smallest absolute Gasteiger partial charge is 0.267 e. The Bertz CT molecular complexity index is 1020. The van der Waals surface area contributed by atoms with Crippen LogP contribution in [0.4, 0.5) is 0 Å². The second-order valence-electron chi connectivity index (χ2n) is 6.88. The first kappa shape index (κ1) is 15.9. The molecule has 134 valence electrons. The molecule has 1 fully saturated rings. The summed E-state index contributed by atoms with van der Waals surface area (Å²) in [5, 5.41) is 0. The van der Waals surface area contributed by atoms with Gasteiger partial charge in [-0.3, -0.25) is 4.79 Å². The van der Waals surface area contributed by atoms with E-state index in [0.29, 0.717) is 6.54 Å². The van der Waals surface area contributed by atoms with Crippen molar-refractivity contribution in [2.45, 2.75) is 18.7 Å². The van der Waals surface area contributed by atoms with Gasteiger partial charge in [0.2, 0.25) is 6.10 Å². The quantitative estimate of drug-likeness (QED) is 0.659. The van der Waals surface area contributed by atoms with Crippen LogP contribution in [0.1, 0.15) is 17.2 Å². The number of hydrogen-bond acceptors (Lipinski definition) is 3. The first-order valence-electron chi connectivity index (χ1n) is 9.04.